The molecule has 216 valence electrons. The van der Waals surface area contributed by atoms with Crippen LogP contribution in [0.3, 0.4) is 0 Å². The Morgan fingerprint density at radius 2 is 1.32 bits per heavy atom. The van der Waals surface area contributed by atoms with Crippen LogP contribution in [0.5, 0.6) is 11.8 Å². The molecule has 0 aliphatic carbocycles. The molecule has 2 aromatic rings. The molecule has 0 bridgehead atoms. The molecule has 9 heteroatoms. The van der Waals surface area contributed by atoms with Gasteiger partial charge in [0.2, 0.25) is 11.8 Å². The van der Waals surface area contributed by atoms with Gasteiger partial charge in [-0.25, -0.2) is 9.59 Å². The molecular weight excluding hydrogens is 484 g/mol. The van der Waals surface area contributed by atoms with E-state index in [9.17, 15) is 19.8 Å². The fourth-order valence-corrected chi connectivity index (χ4v) is 4.88. The number of hydrogen-bond donors (Lipinski definition) is 2. The van der Waals surface area contributed by atoms with E-state index in [1.807, 2.05) is 6.92 Å². The Balaban J connectivity index is 1.54. The number of imidazole rings is 2. The van der Waals surface area contributed by atoms with E-state index in [-0.39, 0.29) is 34.0 Å². The van der Waals surface area contributed by atoms with Gasteiger partial charge in [0.25, 0.3) is 0 Å². The smallest absolute Gasteiger partial charge is 0.335 e. The maximum absolute atomic E-state index is 12.2. The molecule has 2 rings (SSSR count). The number of aryl methyl sites for hydroxylation is 1. The number of rotatable bonds is 19. The van der Waals surface area contributed by atoms with E-state index in [0.29, 0.717) is 19.6 Å². The van der Waals surface area contributed by atoms with Crippen LogP contribution in [0.15, 0.2) is 28.6 Å². The molecule has 0 spiro atoms. The summed E-state index contributed by atoms with van der Waals surface area (Å²) in [5.41, 5.74) is -0.140. The summed E-state index contributed by atoms with van der Waals surface area (Å²) in [6.07, 6.45) is 13.3. The van der Waals surface area contributed by atoms with Crippen molar-refractivity contribution < 1.29 is 14.9 Å². The number of hydrogen-bond acceptors (Lipinski definition) is 5. The molecule has 0 aliphatic rings. The molecule has 2 heterocycles. The van der Waals surface area contributed by atoms with Gasteiger partial charge in [-0.2, -0.15) is 0 Å². The van der Waals surface area contributed by atoms with Gasteiger partial charge in [-0.3, -0.25) is 18.3 Å². The first-order valence-electron chi connectivity index (χ1n) is 14.1. The van der Waals surface area contributed by atoms with Gasteiger partial charge in [0.15, 0.2) is 0 Å². The van der Waals surface area contributed by atoms with E-state index in [1.165, 1.54) is 36.9 Å². The lowest BCUT2D eigenvalue weighted by Crippen LogP contribution is -2.24. The van der Waals surface area contributed by atoms with Crippen LogP contribution < -0.4 is 11.4 Å². The predicted molar refractivity (Wildman–Crippen MR) is 153 cm³/mol. The highest BCUT2D eigenvalue weighted by atomic mass is 16.5. The quantitative estimate of drug-likeness (QED) is 0.234. The zero-order chi connectivity index (χ0) is 28.3. The van der Waals surface area contributed by atoms with Crippen molar-refractivity contribution in [1.29, 1.82) is 0 Å². The summed E-state index contributed by atoms with van der Waals surface area (Å²) in [4.78, 5) is 24.4. The van der Waals surface area contributed by atoms with Gasteiger partial charge < -0.3 is 14.9 Å². The molecule has 0 saturated heterocycles. The maximum atomic E-state index is 12.2. The summed E-state index contributed by atoms with van der Waals surface area (Å²) in [6, 6.07) is 0. The lowest BCUT2D eigenvalue weighted by Gasteiger charge is -2.25. The second-order valence-electron chi connectivity index (χ2n) is 11.9. The zero-order valence-corrected chi connectivity index (χ0v) is 24.2. The van der Waals surface area contributed by atoms with Crippen LogP contribution >= 0.6 is 0 Å². The molecule has 0 amide bonds. The van der Waals surface area contributed by atoms with Crippen LogP contribution in [0.1, 0.15) is 92.4 Å². The maximum Gasteiger partial charge on any atom is 0.335 e. The first-order chi connectivity index (χ1) is 17.9. The molecule has 0 atom stereocenters. The number of unbranched alkanes of at least 4 members (excludes halogenated alkanes) is 2. The van der Waals surface area contributed by atoms with Crippen LogP contribution in [0.2, 0.25) is 0 Å². The highest BCUT2D eigenvalue weighted by Gasteiger charge is 2.20. The van der Waals surface area contributed by atoms with Crippen molar-refractivity contribution in [3.63, 3.8) is 0 Å². The summed E-state index contributed by atoms with van der Waals surface area (Å²) in [5, 5.41) is 20.0. The number of ether oxygens (including phenoxy) is 1. The Morgan fingerprint density at radius 1 is 0.789 bits per heavy atom. The molecule has 0 aliphatic heterocycles. The fraction of sp³-hybridized carbons (Fsp3) is 0.724. The number of aromatic nitrogens is 4. The van der Waals surface area contributed by atoms with Crippen LogP contribution in [-0.2, 0) is 24.4 Å². The number of aromatic hydroxyl groups is 2. The van der Waals surface area contributed by atoms with Crippen LogP contribution in [-0.4, -0.2) is 41.7 Å². The largest absolute Gasteiger partial charge is 0.493 e. The lowest BCUT2D eigenvalue weighted by molar-refractivity contribution is 0.119. The monoisotopic (exact) mass is 534 g/mol. The molecule has 0 radical (unpaired) electrons. The van der Waals surface area contributed by atoms with Gasteiger partial charge >= 0.3 is 11.4 Å². The van der Waals surface area contributed by atoms with Crippen molar-refractivity contribution in [2.45, 2.75) is 112 Å². The van der Waals surface area contributed by atoms with Gasteiger partial charge in [-0.15, -0.1) is 0 Å². The Morgan fingerprint density at radius 3 is 1.84 bits per heavy atom. The van der Waals surface area contributed by atoms with E-state index >= 15 is 0 Å². The van der Waals surface area contributed by atoms with E-state index in [0.717, 1.165) is 71.0 Å². The molecule has 9 nitrogen and oxygen atoms in total. The highest BCUT2D eigenvalue weighted by Crippen LogP contribution is 2.30. The summed E-state index contributed by atoms with van der Waals surface area (Å²) in [7, 11) is 0. The summed E-state index contributed by atoms with van der Waals surface area (Å²) >= 11 is 0. The summed E-state index contributed by atoms with van der Waals surface area (Å²) < 4.78 is 11.5. The normalized spacial score (nSPS) is 12.3. The number of nitrogens with zero attached hydrogens (tertiary/aromatic N) is 4. The van der Waals surface area contributed by atoms with Gasteiger partial charge in [0.05, 0.1) is 12.4 Å². The third-order valence-electron chi connectivity index (χ3n) is 7.58. The molecule has 2 aromatic heterocycles. The Bertz CT molecular complexity index is 1120. The van der Waals surface area contributed by atoms with Crippen LogP contribution in [0.4, 0.5) is 0 Å². The lowest BCUT2D eigenvalue weighted by atomic mass is 9.83. The minimum Gasteiger partial charge on any atom is -0.493 e. The molecular formula is C29H50N4O5. The zero-order valence-electron chi connectivity index (χ0n) is 24.2. The minimum atomic E-state index is -0.259. The Hall–Kier alpha value is -2.68. The Kier molecular flexibility index (Phi) is 12.0. The van der Waals surface area contributed by atoms with E-state index in [2.05, 4.69) is 34.3 Å². The van der Waals surface area contributed by atoms with E-state index < -0.39 is 0 Å². The van der Waals surface area contributed by atoms with Crippen molar-refractivity contribution in [3.8, 4) is 11.8 Å². The molecule has 38 heavy (non-hydrogen) atoms. The Labute approximate surface area is 227 Å². The second-order valence-corrected chi connectivity index (χ2v) is 11.9. The fourth-order valence-electron chi connectivity index (χ4n) is 4.88. The third kappa shape index (κ3) is 9.57. The van der Waals surface area contributed by atoms with Crippen molar-refractivity contribution in [1.82, 2.24) is 18.3 Å². The van der Waals surface area contributed by atoms with Gasteiger partial charge in [0.1, 0.15) is 0 Å². The predicted octanol–water partition coefficient (Wildman–Crippen LogP) is 5.42. The summed E-state index contributed by atoms with van der Waals surface area (Å²) in [5.74, 6) is 0.0224. The van der Waals surface area contributed by atoms with Gasteiger partial charge in [0, 0.05) is 39.0 Å². The van der Waals surface area contributed by atoms with Crippen molar-refractivity contribution in [3.05, 3.63) is 39.9 Å². The summed E-state index contributed by atoms with van der Waals surface area (Å²) in [6.45, 7) is 17.5. The van der Waals surface area contributed by atoms with E-state index in [1.54, 1.807) is 0 Å². The standard InChI is InChI=1S/C29H50N4O5/c1-7-30-22-24(34)32(26(30)36)18-13-16-28(3,4)14-9-11-20-38-21-12-10-15-29(5,6)17-19-33-25(35)23-31(8-2)27(33)37/h8,22-23,34-35H,2,7,9-21H2,1,3-6H3. The van der Waals surface area contributed by atoms with Crippen molar-refractivity contribution in [2.24, 2.45) is 10.8 Å². The second kappa shape index (κ2) is 14.5. The molecule has 0 saturated carbocycles. The topological polar surface area (TPSA) is 104 Å². The van der Waals surface area contributed by atoms with Crippen LogP contribution in [0, 0.1) is 10.8 Å². The van der Waals surface area contributed by atoms with Crippen molar-refractivity contribution >= 4 is 6.20 Å². The molecule has 0 aromatic carbocycles. The first-order valence-corrected chi connectivity index (χ1v) is 14.1. The molecule has 0 fully saturated rings. The van der Waals surface area contributed by atoms with E-state index in [4.69, 9.17) is 4.74 Å². The third-order valence-corrected chi connectivity index (χ3v) is 7.58. The molecule has 2 N–H and O–H groups in total. The first kappa shape index (κ1) is 31.5. The average Bonchev–Trinajstić information content (AvgIpc) is 3.29. The van der Waals surface area contributed by atoms with Crippen molar-refractivity contribution in [2.75, 3.05) is 13.2 Å². The van der Waals surface area contributed by atoms with Crippen LogP contribution in [0.25, 0.3) is 6.20 Å². The highest BCUT2D eigenvalue weighted by molar-refractivity contribution is 5.21. The molecule has 0 unspecified atom stereocenters. The SMILES string of the molecule is C=Cn1cc(O)n(CCC(C)(C)CCCCOCCCCC(C)(C)CCCn2c(O)cn(CC)c2=O)c1=O. The average molecular weight is 535 g/mol. The van der Waals surface area contributed by atoms with Gasteiger partial charge in [-0.05, 0) is 62.7 Å². The van der Waals surface area contributed by atoms with Gasteiger partial charge in [-0.1, -0.05) is 47.1 Å². The minimum absolute atomic E-state index is 0.0257.